The Morgan fingerprint density at radius 1 is 1.42 bits per heavy atom. The normalized spacial score (nSPS) is 27.5. The number of rotatable bonds is 4. The van der Waals surface area contributed by atoms with E-state index in [9.17, 15) is 0 Å². The molecule has 0 N–H and O–H groups in total. The van der Waals surface area contributed by atoms with E-state index < -0.39 is 0 Å². The predicted molar refractivity (Wildman–Crippen MR) is 97.5 cm³/mol. The van der Waals surface area contributed by atoms with Crippen LogP contribution in [0.1, 0.15) is 42.0 Å². The summed E-state index contributed by atoms with van der Waals surface area (Å²) in [6.07, 6.45) is 8.36. The maximum Gasteiger partial charge on any atom is 0.0969 e. The zero-order valence-corrected chi connectivity index (χ0v) is 15.5. The highest BCUT2D eigenvalue weighted by molar-refractivity contribution is 7.12. The van der Waals surface area contributed by atoms with E-state index in [1.807, 2.05) is 34.5 Å². The summed E-state index contributed by atoms with van der Waals surface area (Å²) in [5, 5.41) is 4.32. The number of hydrogen-bond donors (Lipinski definition) is 0. The first-order chi connectivity index (χ1) is 11.7. The van der Waals surface area contributed by atoms with Gasteiger partial charge in [0.1, 0.15) is 0 Å². The first-order valence-electron chi connectivity index (χ1n) is 9.18. The van der Waals surface area contributed by atoms with Crippen molar-refractivity contribution < 1.29 is 4.74 Å². The highest BCUT2D eigenvalue weighted by atomic mass is 32.1. The number of nitrogens with zero attached hydrogens (tertiary/aromatic N) is 3. The summed E-state index contributed by atoms with van der Waals surface area (Å²) in [6.45, 7) is 8.64. The Balaban J connectivity index is 1.47. The number of fused-ring (bicyclic) bond motifs is 2. The van der Waals surface area contributed by atoms with Crippen molar-refractivity contribution in [3.63, 3.8) is 0 Å². The van der Waals surface area contributed by atoms with Gasteiger partial charge < -0.3 is 4.74 Å². The minimum atomic E-state index is -0.0287. The monoisotopic (exact) mass is 345 g/mol. The molecule has 0 unspecified atom stereocenters. The van der Waals surface area contributed by atoms with Crippen LogP contribution in [0.15, 0.2) is 24.5 Å². The fourth-order valence-electron chi connectivity index (χ4n) is 4.27. The zero-order valence-electron chi connectivity index (χ0n) is 14.7. The summed E-state index contributed by atoms with van der Waals surface area (Å²) >= 11 is 2.01. The van der Waals surface area contributed by atoms with Crippen molar-refractivity contribution in [2.75, 3.05) is 19.7 Å². The second kappa shape index (κ2) is 6.62. The molecule has 2 aliphatic heterocycles. The largest absolute Gasteiger partial charge is 0.370 e. The van der Waals surface area contributed by atoms with Gasteiger partial charge in [0.25, 0.3) is 0 Å². The lowest BCUT2D eigenvalue weighted by Gasteiger charge is -2.47. The summed E-state index contributed by atoms with van der Waals surface area (Å²) in [5.74, 6) is 0. The molecule has 2 atom stereocenters. The summed E-state index contributed by atoms with van der Waals surface area (Å²) < 4.78 is 8.45. The summed E-state index contributed by atoms with van der Waals surface area (Å²) in [6, 6.07) is 4.98. The molecule has 2 aromatic heterocycles. The van der Waals surface area contributed by atoms with E-state index in [4.69, 9.17) is 4.74 Å². The standard InChI is InChI=1S/C19H27N3OS/c1-3-16-13-17-18(24-16)5-12-23-19(17)6-9-21(15(2)14-19)10-11-22-8-4-7-20-22/h4,7-8,13,15H,3,5-6,9-12,14H2,1-2H3/t15-,19+/m0/s1. The number of ether oxygens (including phenoxy) is 1. The van der Waals surface area contributed by atoms with Crippen LogP contribution in [0, 0.1) is 0 Å². The van der Waals surface area contributed by atoms with Gasteiger partial charge in [-0.1, -0.05) is 6.92 Å². The molecule has 0 aliphatic carbocycles. The van der Waals surface area contributed by atoms with Crippen LogP contribution >= 0.6 is 11.3 Å². The number of likely N-dealkylation sites (tertiary alicyclic amines) is 1. The third kappa shape index (κ3) is 2.93. The molecule has 1 spiro atoms. The molecule has 0 bridgehead atoms. The number of hydrogen-bond acceptors (Lipinski definition) is 4. The molecule has 4 rings (SSSR count). The summed E-state index contributed by atoms with van der Waals surface area (Å²) in [7, 11) is 0. The van der Waals surface area contributed by atoms with Gasteiger partial charge in [0.05, 0.1) is 18.8 Å². The fraction of sp³-hybridized carbons (Fsp3) is 0.632. The lowest BCUT2D eigenvalue weighted by molar-refractivity contribution is -0.111. The van der Waals surface area contributed by atoms with E-state index >= 15 is 0 Å². The van der Waals surface area contributed by atoms with Gasteiger partial charge in [-0.2, -0.15) is 5.10 Å². The lowest BCUT2D eigenvalue weighted by atomic mass is 9.79. The van der Waals surface area contributed by atoms with Gasteiger partial charge in [0.2, 0.25) is 0 Å². The van der Waals surface area contributed by atoms with Gasteiger partial charge in [-0.25, -0.2) is 0 Å². The minimum Gasteiger partial charge on any atom is -0.370 e. The highest BCUT2D eigenvalue weighted by Crippen LogP contribution is 2.46. The predicted octanol–water partition coefficient (Wildman–Crippen LogP) is 3.46. The molecule has 4 heterocycles. The number of aromatic nitrogens is 2. The Morgan fingerprint density at radius 3 is 3.08 bits per heavy atom. The van der Waals surface area contributed by atoms with Gasteiger partial charge in [0, 0.05) is 47.7 Å². The maximum atomic E-state index is 6.42. The minimum absolute atomic E-state index is 0.0287. The topological polar surface area (TPSA) is 30.3 Å². The Kier molecular flexibility index (Phi) is 4.50. The van der Waals surface area contributed by atoms with E-state index in [1.54, 1.807) is 4.88 Å². The molecule has 1 saturated heterocycles. The van der Waals surface area contributed by atoms with Crippen molar-refractivity contribution in [1.29, 1.82) is 0 Å². The molecule has 2 aliphatic rings. The number of piperidine rings is 1. The molecule has 24 heavy (non-hydrogen) atoms. The SMILES string of the molecule is CCc1cc2c(s1)CCO[C@@]21CCN(CCn2cccn2)[C@@H](C)C1. The Morgan fingerprint density at radius 2 is 2.33 bits per heavy atom. The Hall–Kier alpha value is -1.17. The molecule has 4 nitrogen and oxygen atoms in total. The number of aryl methyl sites for hydroxylation is 1. The van der Waals surface area contributed by atoms with Gasteiger partial charge >= 0.3 is 0 Å². The Bertz CT molecular complexity index is 681. The van der Waals surface area contributed by atoms with Crippen LogP contribution in [0.2, 0.25) is 0 Å². The van der Waals surface area contributed by atoms with Crippen LogP contribution in [-0.2, 0) is 29.7 Å². The van der Waals surface area contributed by atoms with Crippen molar-refractivity contribution >= 4 is 11.3 Å². The molecule has 0 saturated carbocycles. The van der Waals surface area contributed by atoms with E-state index in [1.165, 1.54) is 10.4 Å². The van der Waals surface area contributed by atoms with E-state index in [2.05, 4.69) is 29.9 Å². The molecule has 1 fully saturated rings. The van der Waals surface area contributed by atoms with Crippen LogP contribution in [0.3, 0.4) is 0 Å². The highest BCUT2D eigenvalue weighted by Gasteiger charge is 2.44. The molecular formula is C19H27N3OS. The van der Waals surface area contributed by atoms with Crippen LogP contribution in [0.25, 0.3) is 0 Å². The van der Waals surface area contributed by atoms with Crippen LogP contribution in [0.4, 0.5) is 0 Å². The summed E-state index contributed by atoms with van der Waals surface area (Å²) in [4.78, 5) is 5.69. The van der Waals surface area contributed by atoms with Gasteiger partial charge in [-0.3, -0.25) is 9.58 Å². The van der Waals surface area contributed by atoms with E-state index in [0.717, 1.165) is 51.9 Å². The van der Waals surface area contributed by atoms with E-state index in [-0.39, 0.29) is 5.60 Å². The van der Waals surface area contributed by atoms with Crippen LogP contribution in [0.5, 0.6) is 0 Å². The molecule has 130 valence electrons. The first-order valence-corrected chi connectivity index (χ1v) is 9.99. The Labute approximate surface area is 148 Å². The number of thiophene rings is 1. The van der Waals surface area contributed by atoms with Gasteiger partial charge in [-0.15, -0.1) is 11.3 Å². The quantitative estimate of drug-likeness (QED) is 0.850. The van der Waals surface area contributed by atoms with Crippen molar-refractivity contribution in [1.82, 2.24) is 14.7 Å². The van der Waals surface area contributed by atoms with Gasteiger partial charge in [0.15, 0.2) is 0 Å². The summed E-state index contributed by atoms with van der Waals surface area (Å²) in [5.41, 5.74) is 1.48. The van der Waals surface area contributed by atoms with Crippen LogP contribution < -0.4 is 0 Å². The van der Waals surface area contributed by atoms with Crippen LogP contribution in [-0.4, -0.2) is 40.4 Å². The van der Waals surface area contributed by atoms with Gasteiger partial charge in [-0.05, 0) is 43.9 Å². The molecule has 0 radical (unpaired) electrons. The average Bonchev–Trinajstić information content (AvgIpc) is 3.24. The molecule has 0 aromatic carbocycles. The van der Waals surface area contributed by atoms with Crippen molar-refractivity contribution in [2.45, 2.75) is 57.7 Å². The second-order valence-electron chi connectivity index (χ2n) is 7.10. The van der Waals surface area contributed by atoms with Crippen molar-refractivity contribution in [2.24, 2.45) is 0 Å². The maximum absolute atomic E-state index is 6.42. The third-order valence-electron chi connectivity index (χ3n) is 5.63. The zero-order chi connectivity index (χ0) is 16.6. The smallest absolute Gasteiger partial charge is 0.0969 e. The van der Waals surface area contributed by atoms with E-state index in [0.29, 0.717) is 6.04 Å². The molecule has 2 aromatic rings. The molecule has 0 amide bonds. The second-order valence-corrected chi connectivity index (χ2v) is 8.33. The molecular weight excluding hydrogens is 318 g/mol. The first kappa shape index (κ1) is 16.3. The lowest BCUT2D eigenvalue weighted by Crippen LogP contribution is -2.51. The van der Waals surface area contributed by atoms with Crippen molar-refractivity contribution in [3.05, 3.63) is 39.8 Å². The third-order valence-corrected chi connectivity index (χ3v) is 6.97. The average molecular weight is 346 g/mol. The van der Waals surface area contributed by atoms with Crippen molar-refractivity contribution in [3.8, 4) is 0 Å². The fourth-order valence-corrected chi connectivity index (χ4v) is 5.45. The molecule has 5 heteroatoms.